The molecule has 0 atom stereocenters. The summed E-state index contributed by atoms with van der Waals surface area (Å²) in [6.07, 6.45) is 3.68. The fraction of sp³-hybridized carbons (Fsp3) is 0.308. The number of nitrogens with one attached hydrogen (secondary N) is 1. The lowest BCUT2D eigenvalue weighted by atomic mass is 10.1. The third-order valence-electron chi connectivity index (χ3n) is 5.89. The minimum atomic E-state index is -0.431. The first-order valence-corrected chi connectivity index (χ1v) is 12.0. The molecule has 1 amide bonds. The van der Waals surface area contributed by atoms with Crippen LogP contribution < -0.4 is 19.8 Å². The third-order valence-corrected chi connectivity index (χ3v) is 6.13. The maximum Gasteiger partial charge on any atom is 0.308 e. The number of esters is 1. The van der Waals surface area contributed by atoms with Gasteiger partial charge < -0.3 is 14.4 Å². The molecule has 0 spiro atoms. The van der Waals surface area contributed by atoms with Crippen LogP contribution in [0.3, 0.4) is 0 Å². The number of carbonyl (C=O) groups excluding carboxylic acids is 2. The van der Waals surface area contributed by atoms with Gasteiger partial charge in [0.1, 0.15) is 0 Å². The Morgan fingerprint density at radius 2 is 1.92 bits per heavy atom. The fourth-order valence-electron chi connectivity index (χ4n) is 4.09. The molecule has 1 saturated heterocycles. The monoisotopic (exact) mass is 509 g/mol. The molecule has 2 aromatic carbocycles. The van der Waals surface area contributed by atoms with Gasteiger partial charge >= 0.3 is 5.97 Å². The van der Waals surface area contributed by atoms with Crippen molar-refractivity contribution >= 4 is 46.3 Å². The average molecular weight is 510 g/mol. The van der Waals surface area contributed by atoms with Gasteiger partial charge in [0.2, 0.25) is 5.91 Å². The van der Waals surface area contributed by atoms with E-state index in [0.717, 1.165) is 42.8 Å². The molecule has 9 nitrogen and oxygen atoms in total. The van der Waals surface area contributed by atoms with Gasteiger partial charge in [-0.1, -0.05) is 11.6 Å². The van der Waals surface area contributed by atoms with E-state index in [-0.39, 0.29) is 5.91 Å². The lowest BCUT2D eigenvalue weighted by Crippen LogP contribution is -2.47. The number of fused-ring (bicyclic) bond motifs is 1. The summed E-state index contributed by atoms with van der Waals surface area (Å²) in [5.74, 6) is 0.143. The number of anilines is 1. The predicted octanol–water partition coefficient (Wildman–Crippen LogP) is 3.48. The van der Waals surface area contributed by atoms with Crippen LogP contribution in [0.1, 0.15) is 18.9 Å². The number of hydrazone groups is 1. The van der Waals surface area contributed by atoms with Crippen molar-refractivity contribution in [2.24, 2.45) is 5.10 Å². The molecule has 2 heterocycles. The summed E-state index contributed by atoms with van der Waals surface area (Å²) in [6, 6.07) is 12.8. The van der Waals surface area contributed by atoms with E-state index in [0.29, 0.717) is 35.1 Å². The molecule has 36 heavy (non-hydrogen) atoms. The first kappa shape index (κ1) is 25.4. The molecule has 0 saturated carbocycles. The zero-order valence-electron chi connectivity index (χ0n) is 20.2. The highest BCUT2D eigenvalue weighted by Gasteiger charge is 2.19. The van der Waals surface area contributed by atoms with E-state index in [4.69, 9.17) is 21.1 Å². The molecule has 1 aliphatic rings. The summed E-state index contributed by atoms with van der Waals surface area (Å²) < 4.78 is 10.3. The number of ether oxygens (including phenoxy) is 2. The topological polar surface area (TPSA) is 96.4 Å². The number of amides is 1. The standard InChI is InChI=1S/C26H28ClN5O4/c1-18(33)36-24-6-3-19(15-25(24)35-2)17-29-30-26(34)8-10-31-11-13-32(14-12-31)23-7-9-28-22-16-20(27)4-5-21(22)23/h3-7,9,15-17H,8,10-14H2,1-2H3,(H,30,34)/b29-17+. The molecule has 1 N–H and O–H groups in total. The van der Waals surface area contributed by atoms with Crippen molar-refractivity contribution in [3.05, 3.63) is 59.2 Å². The molecular formula is C26H28ClN5O4. The number of nitrogens with zero attached hydrogens (tertiary/aromatic N) is 4. The fourth-order valence-corrected chi connectivity index (χ4v) is 4.26. The Hall–Kier alpha value is -3.69. The highest BCUT2D eigenvalue weighted by molar-refractivity contribution is 6.31. The summed E-state index contributed by atoms with van der Waals surface area (Å²) in [4.78, 5) is 32.5. The number of methoxy groups -OCH3 is 1. The molecule has 1 aromatic heterocycles. The lowest BCUT2D eigenvalue weighted by Gasteiger charge is -2.36. The van der Waals surface area contributed by atoms with Crippen LogP contribution in [-0.4, -0.2) is 67.8 Å². The van der Waals surface area contributed by atoms with Gasteiger partial charge in [-0.25, -0.2) is 5.43 Å². The number of carbonyl (C=O) groups is 2. The van der Waals surface area contributed by atoms with E-state index in [2.05, 4.69) is 25.3 Å². The number of hydrogen-bond donors (Lipinski definition) is 1. The Kier molecular flexibility index (Phi) is 8.35. The molecule has 0 aliphatic carbocycles. The Balaban J connectivity index is 1.23. The van der Waals surface area contributed by atoms with Gasteiger partial charge in [0.05, 0.1) is 18.8 Å². The minimum absolute atomic E-state index is 0.158. The van der Waals surface area contributed by atoms with Gasteiger partial charge in [0.15, 0.2) is 11.5 Å². The first-order chi connectivity index (χ1) is 17.4. The van der Waals surface area contributed by atoms with Crippen molar-refractivity contribution in [3.8, 4) is 11.5 Å². The van der Waals surface area contributed by atoms with E-state index in [1.807, 2.05) is 30.5 Å². The second kappa shape index (κ2) is 11.8. The quantitative estimate of drug-likeness (QED) is 0.215. The van der Waals surface area contributed by atoms with Crippen LogP contribution in [0.25, 0.3) is 10.9 Å². The number of pyridine rings is 1. The molecule has 0 bridgehead atoms. The zero-order valence-corrected chi connectivity index (χ0v) is 21.0. The van der Waals surface area contributed by atoms with Gasteiger partial charge in [-0.3, -0.25) is 19.5 Å². The van der Waals surface area contributed by atoms with Gasteiger partial charge in [-0.2, -0.15) is 5.10 Å². The van der Waals surface area contributed by atoms with Crippen molar-refractivity contribution in [3.63, 3.8) is 0 Å². The molecular weight excluding hydrogens is 482 g/mol. The largest absolute Gasteiger partial charge is 0.493 e. The summed E-state index contributed by atoms with van der Waals surface area (Å²) >= 11 is 6.11. The summed E-state index contributed by atoms with van der Waals surface area (Å²) in [5, 5.41) is 5.79. The molecule has 188 valence electrons. The number of piperazine rings is 1. The van der Waals surface area contributed by atoms with E-state index >= 15 is 0 Å². The molecule has 0 radical (unpaired) electrons. The summed E-state index contributed by atoms with van der Waals surface area (Å²) in [6.45, 7) is 5.45. The van der Waals surface area contributed by atoms with Crippen molar-refractivity contribution in [2.75, 3.05) is 44.7 Å². The van der Waals surface area contributed by atoms with Crippen molar-refractivity contribution < 1.29 is 19.1 Å². The van der Waals surface area contributed by atoms with Crippen LogP contribution in [0, 0.1) is 0 Å². The predicted molar refractivity (Wildman–Crippen MR) is 140 cm³/mol. The van der Waals surface area contributed by atoms with E-state index in [9.17, 15) is 9.59 Å². The highest BCUT2D eigenvalue weighted by Crippen LogP contribution is 2.29. The van der Waals surface area contributed by atoms with Gasteiger partial charge in [-0.15, -0.1) is 0 Å². The molecule has 1 aliphatic heterocycles. The van der Waals surface area contributed by atoms with Gasteiger partial charge in [-0.05, 0) is 48.0 Å². The molecule has 1 fully saturated rings. The number of hydrogen-bond acceptors (Lipinski definition) is 8. The van der Waals surface area contributed by atoms with Crippen LogP contribution in [-0.2, 0) is 9.59 Å². The normalized spacial score (nSPS) is 14.2. The van der Waals surface area contributed by atoms with Crippen molar-refractivity contribution in [1.82, 2.24) is 15.3 Å². The van der Waals surface area contributed by atoms with Crippen LogP contribution in [0.4, 0.5) is 5.69 Å². The third kappa shape index (κ3) is 6.50. The van der Waals surface area contributed by atoms with Crippen LogP contribution in [0.2, 0.25) is 5.02 Å². The number of aromatic nitrogens is 1. The van der Waals surface area contributed by atoms with E-state index < -0.39 is 5.97 Å². The highest BCUT2D eigenvalue weighted by atomic mass is 35.5. The first-order valence-electron chi connectivity index (χ1n) is 11.6. The number of halogens is 1. The maximum absolute atomic E-state index is 12.3. The maximum atomic E-state index is 12.3. The van der Waals surface area contributed by atoms with E-state index in [1.54, 1.807) is 18.2 Å². The van der Waals surface area contributed by atoms with Crippen molar-refractivity contribution in [1.29, 1.82) is 0 Å². The van der Waals surface area contributed by atoms with Gasteiger partial charge in [0, 0.05) is 68.4 Å². The van der Waals surface area contributed by atoms with Gasteiger partial charge in [0.25, 0.3) is 0 Å². The summed E-state index contributed by atoms with van der Waals surface area (Å²) in [5.41, 5.74) is 5.30. The Labute approximate surface area is 214 Å². The zero-order chi connectivity index (χ0) is 25.5. The minimum Gasteiger partial charge on any atom is -0.493 e. The summed E-state index contributed by atoms with van der Waals surface area (Å²) in [7, 11) is 1.49. The smallest absolute Gasteiger partial charge is 0.308 e. The number of rotatable bonds is 8. The second-order valence-corrected chi connectivity index (χ2v) is 8.80. The lowest BCUT2D eigenvalue weighted by molar-refractivity contribution is -0.132. The Bertz CT molecular complexity index is 1270. The SMILES string of the molecule is COc1cc(/C=N/NC(=O)CCN2CCN(c3ccnc4cc(Cl)ccc34)CC2)ccc1OC(C)=O. The molecule has 3 aromatic rings. The molecule has 10 heteroatoms. The molecule has 0 unspecified atom stereocenters. The molecule has 4 rings (SSSR count). The van der Waals surface area contributed by atoms with Crippen LogP contribution >= 0.6 is 11.6 Å². The van der Waals surface area contributed by atoms with E-state index in [1.165, 1.54) is 20.2 Å². The van der Waals surface area contributed by atoms with Crippen LogP contribution in [0.15, 0.2) is 53.8 Å². The Morgan fingerprint density at radius 3 is 2.67 bits per heavy atom. The van der Waals surface area contributed by atoms with Crippen molar-refractivity contribution in [2.45, 2.75) is 13.3 Å². The second-order valence-electron chi connectivity index (χ2n) is 8.37. The van der Waals surface area contributed by atoms with Crippen LogP contribution in [0.5, 0.6) is 11.5 Å². The Morgan fingerprint density at radius 1 is 1.11 bits per heavy atom. The average Bonchev–Trinajstić information content (AvgIpc) is 2.87. The number of benzene rings is 2.